The van der Waals surface area contributed by atoms with E-state index in [0.717, 1.165) is 31.8 Å². The van der Waals surface area contributed by atoms with Crippen molar-refractivity contribution in [2.24, 2.45) is 5.92 Å². The number of hydrogen-bond acceptors (Lipinski definition) is 4. The summed E-state index contributed by atoms with van der Waals surface area (Å²) < 4.78 is 12.2. The van der Waals surface area contributed by atoms with Crippen LogP contribution in [-0.4, -0.2) is 60.5 Å². The van der Waals surface area contributed by atoms with Crippen LogP contribution in [0.4, 0.5) is 0 Å². The Bertz CT molecular complexity index is 335. The Morgan fingerprint density at radius 3 is 2.65 bits per heavy atom. The Morgan fingerprint density at radius 2 is 1.95 bits per heavy atom. The first-order valence-corrected chi connectivity index (χ1v) is 9.39. The maximum atomic E-state index is 6.21. The minimum Gasteiger partial charge on any atom is -0.381 e. The molecule has 1 atom stereocenters. The Labute approximate surface area is 126 Å². The van der Waals surface area contributed by atoms with Crippen LogP contribution in [0, 0.1) is 5.92 Å². The highest BCUT2D eigenvalue weighted by Crippen LogP contribution is 2.48. The maximum absolute atomic E-state index is 6.21. The van der Waals surface area contributed by atoms with Gasteiger partial charge >= 0.3 is 0 Å². The van der Waals surface area contributed by atoms with Crippen molar-refractivity contribution < 1.29 is 9.47 Å². The van der Waals surface area contributed by atoms with E-state index >= 15 is 0 Å². The van der Waals surface area contributed by atoms with E-state index in [2.05, 4.69) is 16.7 Å². The number of rotatable bonds is 4. The summed E-state index contributed by atoms with van der Waals surface area (Å²) in [6.45, 7) is 5.51. The van der Waals surface area contributed by atoms with Gasteiger partial charge in [0.05, 0.1) is 6.10 Å². The van der Waals surface area contributed by atoms with Gasteiger partial charge in [-0.05, 0) is 38.0 Å². The number of ether oxygens (including phenoxy) is 2. The summed E-state index contributed by atoms with van der Waals surface area (Å²) in [5, 5.41) is 0. The number of likely N-dealkylation sites (tertiary alicyclic amines) is 1. The zero-order valence-electron chi connectivity index (χ0n) is 12.4. The topological polar surface area (TPSA) is 21.7 Å². The molecule has 4 aliphatic rings. The molecule has 4 fully saturated rings. The SMILES string of the molecule is C1CC(N2CC3(C[C@H](OCC4CCOCC4)CS3)C2)C1. The molecule has 114 valence electrons. The van der Waals surface area contributed by atoms with Gasteiger partial charge < -0.3 is 9.47 Å². The van der Waals surface area contributed by atoms with Crippen molar-refractivity contribution in [3.8, 4) is 0 Å². The molecule has 0 aromatic rings. The average Bonchev–Trinajstić information content (AvgIpc) is 2.80. The highest BCUT2D eigenvalue weighted by molar-refractivity contribution is 8.01. The molecule has 0 radical (unpaired) electrons. The molecule has 0 bridgehead atoms. The molecule has 1 saturated carbocycles. The van der Waals surface area contributed by atoms with E-state index in [1.807, 2.05) is 0 Å². The second-order valence-corrected chi connectivity index (χ2v) is 8.69. The maximum Gasteiger partial charge on any atom is 0.0680 e. The van der Waals surface area contributed by atoms with Crippen molar-refractivity contribution in [1.29, 1.82) is 0 Å². The highest BCUT2D eigenvalue weighted by atomic mass is 32.2. The Balaban J connectivity index is 1.19. The van der Waals surface area contributed by atoms with Crippen LogP contribution >= 0.6 is 11.8 Å². The van der Waals surface area contributed by atoms with Crippen LogP contribution in [0.1, 0.15) is 38.5 Å². The van der Waals surface area contributed by atoms with Gasteiger partial charge in [-0.2, -0.15) is 0 Å². The summed E-state index contributed by atoms with van der Waals surface area (Å²) in [5.41, 5.74) is 0. The lowest BCUT2D eigenvalue weighted by molar-refractivity contribution is -0.0216. The molecule has 4 heteroatoms. The van der Waals surface area contributed by atoms with E-state index in [9.17, 15) is 0 Å². The third-order valence-electron chi connectivity index (χ3n) is 5.66. The highest BCUT2D eigenvalue weighted by Gasteiger charge is 2.51. The first-order valence-electron chi connectivity index (χ1n) is 8.40. The largest absolute Gasteiger partial charge is 0.381 e. The van der Waals surface area contributed by atoms with Gasteiger partial charge in [0.25, 0.3) is 0 Å². The monoisotopic (exact) mass is 297 g/mol. The third-order valence-corrected chi connectivity index (χ3v) is 7.23. The molecule has 20 heavy (non-hydrogen) atoms. The standard InChI is InChI=1S/C16H27NO2S/c1-2-14(3-1)17-11-16(12-17)8-15(10-20-16)19-9-13-4-6-18-7-5-13/h13-15H,1-12H2/t15-/m0/s1. The van der Waals surface area contributed by atoms with Crippen molar-refractivity contribution in [3.05, 3.63) is 0 Å². The molecule has 4 rings (SSSR count). The zero-order valence-corrected chi connectivity index (χ0v) is 13.2. The Kier molecular flexibility index (Phi) is 4.01. The Morgan fingerprint density at radius 1 is 1.15 bits per heavy atom. The fourth-order valence-corrected chi connectivity index (χ4v) is 5.59. The predicted octanol–water partition coefficient (Wildman–Crippen LogP) is 2.54. The number of thioether (sulfide) groups is 1. The van der Waals surface area contributed by atoms with Gasteiger partial charge in [0.2, 0.25) is 0 Å². The fraction of sp³-hybridized carbons (Fsp3) is 1.00. The molecule has 1 aliphatic carbocycles. The van der Waals surface area contributed by atoms with E-state index < -0.39 is 0 Å². The van der Waals surface area contributed by atoms with E-state index in [-0.39, 0.29) is 0 Å². The molecule has 0 aromatic heterocycles. The summed E-state index contributed by atoms with van der Waals surface area (Å²) in [4.78, 5) is 2.72. The molecule has 0 aromatic carbocycles. The molecule has 3 heterocycles. The van der Waals surface area contributed by atoms with Crippen LogP contribution in [-0.2, 0) is 9.47 Å². The second kappa shape index (κ2) is 5.79. The summed E-state index contributed by atoms with van der Waals surface area (Å²) in [5.74, 6) is 1.97. The molecule has 1 spiro atoms. The van der Waals surface area contributed by atoms with Gasteiger partial charge in [-0.25, -0.2) is 0 Å². The van der Waals surface area contributed by atoms with Gasteiger partial charge in [-0.3, -0.25) is 4.90 Å². The van der Waals surface area contributed by atoms with Crippen LogP contribution in [0.3, 0.4) is 0 Å². The predicted molar refractivity (Wildman–Crippen MR) is 82.3 cm³/mol. The second-order valence-electron chi connectivity index (χ2n) is 7.20. The Hall–Kier alpha value is 0.230. The van der Waals surface area contributed by atoms with E-state index in [1.165, 1.54) is 57.4 Å². The van der Waals surface area contributed by atoms with E-state index in [1.54, 1.807) is 0 Å². The van der Waals surface area contributed by atoms with Crippen LogP contribution < -0.4 is 0 Å². The van der Waals surface area contributed by atoms with Crippen molar-refractivity contribution >= 4 is 11.8 Å². The van der Waals surface area contributed by atoms with Gasteiger partial charge in [-0.15, -0.1) is 11.8 Å². The minimum absolute atomic E-state index is 0.520. The molecular weight excluding hydrogens is 270 g/mol. The molecule has 3 nitrogen and oxygen atoms in total. The van der Waals surface area contributed by atoms with Crippen LogP contribution in [0.2, 0.25) is 0 Å². The summed E-state index contributed by atoms with van der Waals surface area (Å²) in [7, 11) is 0. The normalized spacial score (nSPS) is 35.1. The van der Waals surface area contributed by atoms with Crippen LogP contribution in [0.25, 0.3) is 0 Å². The lowest BCUT2D eigenvalue weighted by atomic mass is 9.84. The van der Waals surface area contributed by atoms with E-state index in [4.69, 9.17) is 9.47 Å². The number of nitrogens with zero attached hydrogens (tertiary/aromatic N) is 1. The van der Waals surface area contributed by atoms with Crippen molar-refractivity contribution in [3.63, 3.8) is 0 Å². The van der Waals surface area contributed by atoms with Crippen LogP contribution in [0.5, 0.6) is 0 Å². The average molecular weight is 297 g/mol. The van der Waals surface area contributed by atoms with E-state index in [0.29, 0.717) is 10.9 Å². The lowest BCUT2D eigenvalue weighted by Crippen LogP contribution is -2.63. The lowest BCUT2D eigenvalue weighted by Gasteiger charge is -2.53. The molecule has 3 aliphatic heterocycles. The summed E-state index contributed by atoms with van der Waals surface area (Å²) in [6.07, 6.45) is 8.56. The molecular formula is C16H27NO2S. The zero-order chi connectivity index (χ0) is 13.4. The summed E-state index contributed by atoms with van der Waals surface area (Å²) in [6, 6.07) is 0.934. The smallest absolute Gasteiger partial charge is 0.0680 e. The first kappa shape index (κ1) is 13.9. The minimum atomic E-state index is 0.520. The first-order chi connectivity index (χ1) is 9.83. The quantitative estimate of drug-likeness (QED) is 0.795. The van der Waals surface area contributed by atoms with Crippen molar-refractivity contribution in [2.75, 3.05) is 38.7 Å². The van der Waals surface area contributed by atoms with Crippen molar-refractivity contribution in [2.45, 2.75) is 55.4 Å². The number of hydrogen-bond donors (Lipinski definition) is 0. The van der Waals surface area contributed by atoms with Crippen LogP contribution in [0.15, 0.2) is 0 Å². The molecule has 0 unspecified atom stereocenters. The third kappa shape index (κ3) is 2.77. The van der Waals surface area contributed by atoms with Gasteiger partial charge in [0.15, 0.2) is 0 Å². The van der Waals surface area contributed by atoms with Gasteiger partial charge in [-0.1, -0.05) is 6.42 Å². The van der Waals surface area contributed by atoms with Crippen molar-refractivity contribution in [1.82, 2.24) is 4.90 Å². The molecule has 0 amide bonds. The molecule has 3 saturated heterocycles. The summed E-state index contributed by atoms with van der Waals surface area (Å²) >= 11 is 2.19. The van der Waals surface area contributed by atoms with Gasteiger partial charge in [0, 0.05) is 49.5 Å². The van der Waals surface area contributed by atoms with Gasteiger partial charge in [0.1, 0.15) is 0 Å². The molecule has 0 N–H and O–H groups in total. The fourth-order valence-electron chi connectivity index (χ4n) is 4.02.